The van der Waals surface area contributed by atoms with Crippen molar-refractivity contribution in [2.75, 3.05) is 39.8 Å². The second-order valence-corrected chi connectivity index (χ2v) is 21.0. The smallest absolute Gasteiger partial charge is 0.319 e. The van der Waals surface area contributed by atoms with Crippen molar-refractivity contribution in [3.8, 4) is 22.4 Å². The Morgan fingerprint density at radius 2 is 1.84 bits per heavy atom. The lowest BCUT2D eigenvalue weighted by atomic mass is 9.84. The number of aryl methyl sites for hydroxylation is 1. The minimum absolute atomic E-state index is 0.0327. The largest absolute Gasteiger partial charge is 0.367 e. The average molecular weight is 882 g/mol. The first kappa shape index (κ1) is 44.8. The maximum Gasteiger partial charge on any atom is 0.319 e. The zero-order chi connectivity index (χ0) is 45.1. The fourth-order valence-corrected chi connectivity index (χ4v) is 11.4. The number of benzene rings is 2. The first-order chi connectivity index (χ1) is 29.9. The maximum atomic E-state index is 14.8. The maximum absolute atomic E-state index is 14.8. The van der Waals surface area contributed by atoms with Crippen molar-refractivity contribution < 1.29 is 37.1 Å². The highest BCUT2D eigenvalue weighted by Gasteiger charge is 2.78. The number of hydrogen-bond acceptors (Lipinski definition) is 10. The molecule has 8 rings (SSSR count). The molecule has 0 aliphatic carbocycles. The third-order valence-corrected chi connectivity index (χ3v) is 15.5. The van der Waals surface area contributed by atoms with Gasteiger partial charge in [0.2, 0.25) is 15.6 Å². The van der Waals surface area contributed by atoms with E-state index >= 15 is 0 Å². The third-order valence-electron chi connectivity index (χ3n) is 14.0. The Balaban J connectivity index is 1.16. The number of aromatic nitrogens is 3. The number of amides is 3. The van der Waals surface area contributed by atoms with Crippen LogP contribution in [0.15, 0.2) is 73.2 Å². The van der Waals surface area contributed by atoms with E-state index < -0.39 is 51.2 Å². The summed E-state index contributed by atoms with van der Waals surface area (Å²) in [4.78, 5) is 52.6. The van der Waals surface area contributed by atoms with E-state index in [9.17, 15) is 27.9 Å². The number of hydrazine groups is 1. The Kier molecular flexibility index (Phi) is 12.0. The molecule has 2 aromatic carbocycles. The lowest BCUT2D eigenvalue weighted by molar-refractivity contribution is -0.727. The lowest BCUT2D eigenvalue weighted by Gasteiger charge is -2.38. The molecule has 0 saturated carbocycles. The van der Waals surface area contributed by atoms with Gasteiger partial charge in [0.05, 0.1) is 31.3 Å². The summed E-state index contributed by atoms with van der Waals surface area (Å²) in [6.07, 6.45) is 6.31. The molecule has 2 aromatic heterocycles. The number of fused-ring (bicyclic) bond motifs is 6. The van der Waals surface area contributed by atoms with Crippen molar-refractivity contribution in [2.45, 2.75) is 97.2 Å². The van der Waals surface area contributed by atoms with Gasteiger partial charge in [0.15, 0.2) is 12.8 Å². The number of nitrogens with one attached hydrogen (secondary N) is 2. The number of nitrogens with zero attached hydrogens (tertiary/aromatic N) is 6. The molecule has 2 unspecified atom stereocenters. The molecule has 63 heavy (non-hydrogen) atoms. The van der Waals surface area contributed by atoms with E-state index in [2.05, 4.69) is 76.9 Å². The van der Waals surface area contributed by atoms with Crippen LogP contribution in [0.2, 0.25) is 0 Å². The van der Waals surface area contributed by atoms with E-state index in [4.69, 9.17) is 4.74 Å². The van der Waals surface area contributed by atoms with Gasteiger partial charge in [0.1, 0.15) is 12.4 Å². The number of aliphatic hydroxyl groups is 1. The molecule has 3 fully saturated rings. The molecular weight excluding hydrogens is 821 g/mol. The highest BCUT2D eigenvalue weighted by Crippen LogP contribution is 2.49. The molecule has 6 atom stereocenters. The van der Waals surface area contributed by atoms with Gasteiger partial charge in [0, 0.05) is 72.8 Å². The van der Waals surface area contributed by atoms with Gasteiger partial charge in [-0.1, -0.05) is 64.6 Å². The van der Waals surface area contributed by atoms with Crippen LogP contribution in [0.1, 0.15) is 65.0 Å². The summed E-state index contributed by atoms with van der Waals surface area (Å²) in [7, 11) is -1.95. The van der Waals surface area contributed by atoms with Gasteiger partial charge < -0.3 is 19.7 Å². The summed E-state index contributed by atoms with van der Waals surface area (Å²) in [6, 6.07) is 12.9. The van der Waals surface area contributed by atoms with Crippen molar-refractivity contribution in [3.05, 3.63) is 84.3 Å². The van der Waals surface area contributed by atoms with Gasteiger partial charge in [-0.15, -0.1) is 0 Å². The Morgan fingerprint density at radius 1 is 1.10 bits per heavy atom. The van der Waals surface area contributed by atoms with Gasteiger partial charge in [-0.2, -0.15) is 4.31 Å². The van der Waals surface area contributed by atoms with Crippen molar-refractivity contribution in [2.24, 2.45) is 17.3 Å². The molecule has 6 bridgehead atoms. The zero-order valence-corrected chi connectivity index (χ0v) is 38.0. The van der Waals surface area contributed by atoms with E-state index in [0.717, 1.165) is 56.4 Å². The Bertz CT molecular complexity index is 2540. The molecule has 6 heterocycles. The van der Waals surface area contributed by atoms with Crippen LogP contribution in [0.5, 0.6) is 0 Å². The van der Waals surface area contributed by atoms with Crippen LogP contribution in [0.4, 0.5) is 0 Å². The first-order valence-electron chi connectivity index (χ1n) is 22.1. The fraction of sp³-hybridized carbons (Fsp3) is 0.511. The van der Waals surface area contributed by atoms with E-state index in [-0.39, 0.29) is 54.9 Å². The minimum Gasteiger partial charge on any atom is -0.367 e. The van der Waals surface area contributed by atoms with E-state index in [1.165, 1.54) is 15.6 Å². The molecule has 0 spiro atoms. The van der Waals surface area contributed by atoms with Crippen LogP contribution >= 0.6 is 0 Å². The molecule has 3 saturated heterocycles. The summed E-state index contributed by atoms with van der Waals surface area (Å²) < 4.78 is 34.8. The van der Waals surface area contributed by atoms with Gasteiger partial charge >= 0.3 is 5.91 Å². The average Bonchev–Trinajstić information content (AvgIpc) is 3.52. The van der Waals surface area contributed by atoms with Crippen molar-refractivity contribution in [1.29, 1.82) is 0 Å². The topological polar surface area (TPSA) is 176 Å². The highest BCUT2D eigenvalue weighted by molar-refractivity contribution is 7.92. The zero-order valence-electron chi connectivity index (χ0n) is 37.2. The van der Waals surface area contributed by atoms with Crippen LogP contribution < -0.4 is 10.7 Å². The van der Waals surface area contributed by atoms with Gasteiger partial charge in [-0.25, -0.2) is 33.1 Å². The monoisotopic (exact) mass is 881 g/mol. The molecule has 0 radical (unpaired) electrons. The normalized spacial score (nSPS) is 27.9. The summed E-state index contributed by atoms with van der Waals surface area (Å²) in [5.41, 5.74) is 8.59. The molecule has 4 aliphatic rings. The van der Waals surface area contributed by atoms with Crippen molar-refractivity contribution >= 4 is 38.6 Å². The Labute approximate surface area is 370 Å². The van der Waals surface area contributed by atoms with E-state index in [0.29, 0.717) is 32.2 Å². The van der Waals surface area contributed by atoms with Crippen LogP contribution in [0, 0.1) is 17.3 Å². The minimum atomic E-state index is -3.70. The Hall–Kier alpha value is -4.84. The summed E-state index contributed by atoms with van der Waals surface area (Å²) in [6.45, 7) is 15.4. The van der Waals surface area contributed by atoms with Crippen molar-refractivity contribution in [1.82, 2.24) is 34.6 Å². The third kappa shape index (κ3) is 8.14. The predicted molar refractivity (Wildman–Crippen MR) is 239 cm³/mol. The summed E-state index contributed by atoms with van der Waals surface area (Å²) in [5.74, 6) is -1.83. The van der Waals surface area contributed by atoms with Gasteiger partial charge in [-0.3, -0.25) is 14.6 Å². The standard InChI is InChI=1S/C47H60N8O7S/c1-8-53-40-16-15-33-22-36(40)37(41(53)35-24-48-29-49-25-35)23-46(5,6)28-62-44(58)38-14-11-18-54(51-38)42(56)39(21-31-12-10-13-32(33)20-31)50-45(59)47(30(3)4)27-55(47,7)43(57)34-17-19-52(26-34)63(60,61)9-2/h9-10,12-13,15-16,20,22,24-25,29-30,34,38-39,44,51,58H,2,8,11,14,17-19,21,23,26-28H2,1,3-7H3/p+1/t34-,38-,39-,44?,47-,55?/m0/s1. The summed E-state index contributed by atoms with van der Waals surface area (Å²) in [5, 5.41) is 18.2. The summed E-state index contributed by atoms with van der Waals surface area (Å²) >= 11 is 0. The van der Waals surface area contributed by atoms with Crippen LogP contribution in [0.3, 0.4) is 0 Å². The number of carbonyl (C=O) groups is 3. The van der Waals surface area contributed by atoms with Crippen LogP contribution in [-0.2, 0) is 48.5 Å². The number of quaternary nitrogens is 1. The van der Waals surface area contributed by atoms with E-state index in [1.807, 2.05) is 44.4 Å². The Morgan fingerprint density at radius 3 is 2.56 bits per heavy atom. The first-order valence-corrected chi connectivity index (χ1v) is 23.6. The molecule has 3 amide bonds. The second kappa shape index (κ2) is 16.9. The SMILES string of the molecule is C=CS(=O)(=O)N1CC[C@H](C(=O)[N+]2(C)C[C@@]2(C(=O)N[C@H]2Cc3cccc(c3)-c3ccc4c(c3)c(c(-c3cncnc3)n4CC)CC(C)(C)COC(O)[C@@H]3CCCN(N3)C2=O)C(C)C)C1. The van der Waals surface area contributed by atoms with Crippen LogP contribution in [-0.4, -0.2) is 123 Å². The lowest BCUT2D eigenvalue weighted by Crippen LogP contribution is -2.63. The highest BCUT2D eigenvalue weighted by atomic mass is 32.2. The quantitative estimate of drug-likeness (QED) is 0.170. The number of carbonyl (C=O) groups excluding carboxylic acids is 3. The molecular formula is C47H61N8O7S+. The number of likely N-dealkylation sites (N-methyl/N-ethyl adjacent to an activating group) is 1. The van der Waals surface area contributed by atoms with E-state index in [1.54, 1.807) is 7.05 Å². The number of aliphatic hydroxyl groups excluding tert-OH is 1. The molecule has 4 aliphatic heterocycles. The second-order valence-electron chi connectivity index (χ2n) is 19.1. The molecule has 336 valence electrons. The number of sulfonamides is 1. The molecule has 15 nitrogen and oxygen atoms in total. The molecule has 4 aromatic rings. The predicted octanol–water partition coefficient (Wildman–Crippen LogP) is 4.40. The number of rotatable bonds is 8. The number of hydrogen-bond donors (Lipinski definition) is 3. The molecule has 16 heteroatoms. The van der Waals surface area contributed by atoms with Gasteiger partial charge in [-0.05, 0) is 72.4 Å². The molecule has 3 N–H and O–H groups in total. The van der Waals surface area contributed by atoms with Crippen molar-refractivity contribution in [3.63, 3.8) is 0 Å². The fourth-order valence-electron chi connectivity index (χ4n) is 10.5. The van der Waals surface area contributed by atoms with Crippen LogP contribution in [0.25, 0.3) is 33.3 Å². The van der Waals surface area contributed by atoms with Gasteiger partial charge in [0.25, 0.3) is 11.8 Å². The number of ether oxygens (including phenoxy) is 1.